The fourth-order valence-corrected chi connectivity index (χ4v) is 4.68. The van der Waals surface area contributed by atoms with Crippen LogP contribution >= 0.6 is 0 Å². The summed E-state index contributed by atoms with van der Waals surface area (Å²) >= 11 is 0. The first-order chi connectivity index (χ1) is 17.9. The molecular weight excluding hydrogens is 466 g/mol. The summed E-state index contributed by atoms with van der Waals surface area (Å²) in [6, 6.07) is 26.6. The van der Waals surface area contributed by atoms with Gasteiger partial charge in [-0.15, -0.1) is 0 Å². The highest BCUT2D eigenvalue weighted by atomic mass is 16.5. The van der Waals surface area contributed by atoms with E-state index >= 15 is 0 Å². The van der Waals surface area contributed by atoms with Crippen LogP contribution in [0.25, 0.3) is 16.5 Å². The van der Waals surface area contributed by atoms with Gasteiger partial charge in [0.25, 0.3) is 11.7 Å². The number of aliphatic hydroxyl groups is 1. The summed E-state index contributed by atoms with van der Waals surface area (Å²) in [7, 11) is 1.55. The van der Waals surface area contributed by atoms with E-state index in [4.69, 9.17) is 9.47 Å². The van der Waals surface area contributed by atoms with Crippen LogP contribution in [0.1, 0.15) is 31.0 Å². The minimum absolute atomic E-state index is 0.00110. The molecule has 0 saturated carbocycles. The molecule has 1 unspecified atom stereocenters. The molecule has 0 bridgehead atoms. The normalized spacial score (nSPS) is 17.0. The molecule has 186 valence electrons. The van der Waals surface area contributed by atoms with Crippen molar-refractivity contribution in [2.45, 2.75) is 26.0 Å². The summed E-state index contributed by atoms with van der Waals surface area (Å²) in [5.74, 6) is -0.452. The molecule has 1 aliphatic rings. The van der Waals surface area contributed by atoms with Gasteiger partial charge in [-0.25, -0.2) is 0 Å². The van der Waals surface area contributed by atoms with E-state index in [0.717, 1.165) is 10.8 Å². The number of rotatable bonds is 6. The zero-order valence-corrected chi connectivity index (χ0v) is 20.8. The second-order valence-electron chi connectivity index (χ2n) is 9.17. The minimum Gasteiger partial charge on any atom is -0.507 e. The number of hydrogen-bond acceptors (Lipinski definition) is 5. The topological polar surface area (TPSA) is 76.1 Å². The largest absolute Gasteiger partial charge is 0.507 e. The van der Waals surface area contributed by atoms with Crippen molar-refractivity contribution in [2.75, 3.05) is 12.0 Å². The van der Waals surface area contributed by atoms with Gasteiger partial charge in [0.1, 0.15) is 17.3 Å². The maximum absolute atomic E-state index is 13.5. The van der Waals surface area contributed by atoms with Crippen molar-refractivity contribution in [3.8, 4) is 11.5 Å². The number of amides is 1. The molecule has 1 fully saturated rings. The van der Waals surface area contributed by atoms with E-state index in [2.05, 4.69) is 0 Å². The lowest BCUT2D eigenvalue weighted by atomic mass is 9.94. The summed E-state index contributed by atoms with van der Waals surface area (Å²) in [6.45, 7) is 3.87. The lowest BCUT2D eigenvalue weighted by Gasteiger charge is -2.26. The van der Waals surface area contributed by atoms with Crippen molar-refractivity contribution in [3.63, 3.8) is 0 Å². The standard InChI is InChI=1S/C31H27NO5/c1-19(2)37-25-15-13-24(14-16-25)32-28(22-9-6-10-26(18-22)36-3)27(30(34)31(32)35)29(33)23-12-11-20-7-4-5-8-21(20)17-23/h4-19,28,33H,1-3H3/b29-27-. The minimum atomic E-state index is -0.849. The first-order valence-electron chi connectivity index (χ1n) is 12.1. The smallest absolute Gasteiger partial charge is 0.300 e. The van der Waals surface area contributed by atoms with Crippen LogP contribution in [0.5, 0.6) is 11.5 Å². The third-order valence-electron chi connectivity index (χ3n) is 6.36. The van der Waals surface area contributed by atoms with Gasteiger partial charge in [0.2, 0.25) is 0 Å². The van der Waals surface area contributed by atoms with Crippen LogP contribution in [0.15, 0.2) is 96.6 Å². The highest BCUT2D eigenvalue weighted by molar-refractivity contribution is 6.51. The van der Waals surface area contributed by atoms with Gasteiger partial charge >= 0.3 is 0 Å². The predicted octanol–water partition coefficient (Wildman–Crippen LogP) is 6.26. The molecule has 0 spiro atoms. The van der Waals surface area contributed by atoms with E-state index in [0.29, 0.717) is 28.3 Å². The van der Waals surface area contributed by atoms with Crippen molar-refractivity contribution in [3.05, 3.63) is 108 Å². The molecule has 4 aromatic carbocycles. The number of ether oxygens (including phenoxy) is 2. The summed E-state index contributed by atoms with van der Waals surface area (Å²) in [4.78, 5) is 28.3. The van der Waals surface area contributed by atoms with Gasteiger partial charge < -0.3 is 14.6 Å². The highest BCUT2D eigenvalue weighted by Gasteiger charge is 2.47. The van der Waals surface area contributed by atoms with Crippen LogP contribution in [-0.2, 0) is 9.59 Å². The molecular formula is C31H27NO5. The Labute approximate surface area is 215 Å². The molecule has 0 aromatic heterocycles. The highest BCUT2D eigenvalue weighted by Crippen LogP contribution is 2.43. The molecule has 1 N–H and O–H groups in total. The van der Waals surface area contributed by atoms with Gasteiger partial charge in [-0.1, -0.05) is 48.5 Å². The first-order valence-corrected chi connectivity index (χ1v) is 12.1. The lowest BCUT2D eigenvalue weighted by Crippen LogP contribution is -2.29. The average Bonchev–Trinajstić information content (AvgIpc) is 3.18. The Morgan fingerprint density at radius 3 is 2.27 bits per heavy atom. The number of carbonyl (C=O) groups excluding carboxylic acids is 2. The Morgan fingerprint density at radius 2 is 1.57 bits per heavy atom. The molecule has 1 saturated heterocycles. The fourth-order valence-electron chi connectivity index (χ4n) is 4.68. The Hall–Kier alpha value is -4.58. The van der Waals surface area contributed by atoms with Crippen molar-refractivity contribution in [1.29, 1.82) is 0 Å². The number of hydrogen-bond donors (Lipinski definition) is 1. The van der Waals surface area contributed by atoms with Crippen molar-refractivity contribution < 1.29 is 24.2 Å². The summed E-state index contributed by atoms with van der Waals surface area (Å²) in [5.41, 5.74) is 1.65. The summed E-state index contributed by atoms with van der Waals surface area (Å²) in [6.07, 6.45) is -0.00110. The summed E-state index contributed by atoms with van der Waals surface area (Å²) in [5, 5.41) is 13.4. The molecule has 6 heteroatoms. The average molecular weight is 494 g/mol. The van der Waals surface area contributed by atoms with E-state index in [1.165, 1.54) is 4.90 Å². The van der Waals surface area contributed by atoms with Gasteiger partial charge in [-0.05, 0) is 72.6 Å². The quantitative estimate of drug-likeness (QED) is 0.195. The van der Waals surface area contributed by atoms with Crippen LogP contribution in [-0.4, -0.2) is 30.0 Å². The van der Waals surface area contributed by atoms with Crippen LogP contribution in [0.3, 0.4) is 0 Å². The molecule has 6 nitrogen and oxygen atoms in total. The molecule has 0 aliphatic carbocycles. The maximum Gasteiger partial charge on any atom is 0.300 e. The van der Waals surface area contributed by atoms with E-state index in [-0.39, 0.29) is 17.4 Å². The lowest BCUT2D eigenvalue weighted by molar-refractivity contribution is -0.132. The molecule has 4 aromatic rings. The number of ketones is 1. The molecule has 1 heterocycles. The first kappa shape index (κ1) is 24.1. The SMILES string of the molecule is COc1cccc(C2/C(=C(/O)c3ccc4ccccc4c3)C(=O)C(=O)N2c2ccc(OC(C)C)cc2)c1. The molecule has 0 radical (unpaired) electrons. The number of aliphatic hydroxyl groups excluding tert-OH is 1. The Kier molecular flexibility index (Phi) is 6.40. The summed E-state index contributed by atoms with van der Waals surface area (Å²) < 4.78 is 11.1. The number of nitrogens with zero attached hydrogens (tertiary/aromatic N) is 1. The van der Waals surface area contributed by atoms with Gasteiger partial charge in [0, 0.05) is 11.3 Å². The van der Waals surface area contributed by atoms with Crippen LogP contribution in [0.4, 0.5) is 5.69 Å². The molecule has 1 aliphatic heterocycles. The Morgan fingerprint density at radius 1 is 0.838 bits per heavy atom. The Bertz CT molecular complexity index is 1520. The van der Waals surface area contributed by atoms with Crippen molar-refractivity contribution in [1.82, 2.24) is 0 Å². The number of methoxy groups -OCH3 is 1. The monoisotopic (exact) mass is 493 g/mol. The van der Waals surface area contributed by atoms with Gasteiger partial charge in [-0.2, -0.15) is 0 Å². The number of anilines is 1. The molecule has 37 heavy (non-hydrogen) atoms. The second kappa shape index (κ2) is 9.82. The van der Waals surface area contributed by atoms with E-state index in [1.807, 2.05) is 56.3 Å². The van der Waals surface area contributed by atoms with Gasteiger partial charge in [0.05, 0.1) is 24.8 Å². The third kappa shape index (κ3) is 4.54. The van der Waals surface area contributed by atoms with E-state index in [9.17, 15) is 14.7 Å². The van der Waals surface area contributed by atoms with Gasteiger partial charge in [0.15, 0.2) is 0 Å². The second-order valence-corrected chi connectivity index (χ2v) is 9.17. The zero-order chi connectivity index (χ0) is 26.1. The third-order valence-corrected chi connectivity index (χ3v) is 6.36. The fraction of sp³-hybridized carbons (Fsp3) is 0.161. The van der Waals surface area contributed by atoms with Gasteiger partial charge in [-0.3, -0.25) is 14.5 Å². The van der Waals surface area contributed by atoms with E-state index in [1.54, 1.807) is 55.6 Å². The van der Waals surface area contributed by atoms with Crippen LogP contribution in [0, 0.1) is 0 Å². The number of fused-ring (bicyclic) bond motifs is 1. The Balaban J connectivity index is 1.67. The number of benzene rings is 4. The van der Waals surface area contributed by atoms with Crippen molar-refractivity contribution in [2.24, 2.45) is 0 Å². The molecule has 5 rings (SSSR count). The van der Waals surface area contributed by atoms with Crippen LogP contribution < -0.4 is 14.4 Å². The number of Topliss-reactive ketones (excluding diaryl/α,β-unsaturated/α-hetero) is 1. The van der Waals surface area contributed by atoms with E-state index < -0.39 is 17.7 Å². The number of carbonyl (C=O) groups is 2. The molecule has 1 amide bonds. The zero-order valence-electron chi connectivity index (χ0n) is 20.8. The predicted molar refractivity (Wildman–Crippen MR) is 144 cm³/mol. The maximum atomic E-state index is 13.5. The van der Waals surface area contributed by atoms with Crippen LogP contribution in [0.2, 0.25) is 0 Å². The molecule has 1 atom stereocenters. The van der Waals surface area contributed by atoms with Crippen molar-refractivity contribution >= 4 is 33.9 Å².